The minimum absolute atomic E-state index is 0.127. The Hall–Kier alpha value is -0.120. The fraction of sp³-hybridized carbons (Fsp3) is 1.00. The first-order chi connectivity index (χ1) is 7.61. The van der Waals surface area contributed by atoms with Crippen LogP contribution in [0.2, 0.25) is 0 Å². The molecule has 2 unspecified atom stereocenters. The second kappa shape index (κ2) is 10.1. The quantitative estimate of drug-likeness (QED) is 0.566. The smallest absolute Gasteiger partial charge is 0.0538 e. The van der Waals surface area contributed by atoms with Crippen LogP contribution >= 0.6 is 0 Å². The lowest BCUT2D eigenvalue weighted by atomic mass is 10.0. The number of nitrogens with one attached hydrogen (secondary N) is 1. The summed E-state index contributed by atoms with van der Waals surface area (Å²) < 4.78 is 5.10. The van der Waals surface area contributed by atoms with Crippen LogP contribution in [0.1, 0.15) is 46.5 Å². The first kappa shape index (κ1) is 15.9. The summed E-state index contributed by atoms with van der Waals surface area (Å²) in [7, 11) is 1.75. The molecule has 0 aromatic heterocycles. The highest BCUT2D eigenvalue weighted by molar-refractivity contribution is 4.70. The van der Waals surface area contributed by atoms with Crippen LogP contribution in [0, 0.1) is 5.92 Å². The second-order valence-electron chi connectivity index (χ2n) is 4.79. The van der Waals surface area contributed by atoms with Crippen molar-refractivity contribution in [2.45, 2.75) is 58.6 Å². The first-order valence-corrected chi connectivity index (χ1v) is 6.52. The van der Waals surface area contributed by atoms with E-state index < -0.39 is 0 Å². The Labute approximate surface area is 101 Å². The van der Waals surface area contributed by atoms with Gasteiger partial charge in [-0.1, -0.05) is 20.8 Å². The molecule has 2 N–H and O–H groups in total. The number of aliphatic hydroxyl groups excluding tert-OH is 1. The highest BCUT2D eigenvalue weighted by atomic mass is 16.5. The van der Waals surface area contributed by atoms with Crippen LogP contribution in [0.25, 0.3) is 0 Å². The maximum Gasteiger partial charge on any atom is 0.0538 e. The minimum Gasteiger partial charge on any atom is -0.393 e. The van der Waals surface area contributed by atoms with E-state index in [0.29, 0.717) is 12.0 Å². The molecule has 16 heavy (non-hydrogen) atoms. The molecule has 0 bridgehead atoms. The Bertz CT molecular complexity index is 151. The van der Waals surface area contributed by atoms with E-state index in [9.17, 15) is 5.11 Å². The lowest BCUT2D eigenvalue weighted by Crippen LogP contribution is -2.35. The van der Waals surface area contributed by atoms with E-state index in [2.05, 4.69) is 19.2 Å². The summed E-state index contributed by atoms with van der Waals surface area (Å²) in [5.74, 6) is 0.631. The van der Waals surface area contributed by atoms with Crippen molar-refractivity contribution in [3.8, 4) is 0 Å². The third-order valence-electron chi connectivity index (χ3n) is 3.03. The summed E-state index contributed by atoms with van der Waals surface area (Å²) in [5, 5.41) is 13.0. The van der Waals surface area contributed by atoms with Gasteiger partial charge in [-0.05, 0) is 38.1 Å². The van der Waals surface area contributed by atoms with Crippen LogP contribution in [0.3, 0.4) is 0 Å². The third kappa shape index (κ3) is 8.08. The van der Waals surface area contributed by atoms with E-state index >= 15 is 0 Å². The number of ether oxygens (including phenoxy) is 1. The topological polar surface area (TPSA) is 41.5 Å². The van der Waals surface area contributed by atoms with Crippen LogP contribution in [0.4, 0.5) is 0 Å². The van der Waals surface area contributed by atoms with Gasteiger partial charge in [-0.25, -0.2) is 0 Å². The Balaban J connectivity index is 3.59. The summed E-state index contributed by atoms with van der Waals surface area (Å²) >= 11 is 0. The molecule has 0 fully saturated rings. The summed E-state index contributed by atoms with van der Waals surface area (Å²) in [4.78, 5) is 0. The molecule has 3 nitrogen and oxygen atoms in total. The standard InChI is InChI=1S/C13H29NO2/c1-5-12(15)7-6-9-14-13(11(2)3)8-10-16-4/h11-15H,5-10H2,1-4H3. The molecule has 0 saturated carbocycles. The molecule has 0 rings (SSSR count). The number of rotatable bonds is 10. The predicted octanol–water partition coefficient (Wildman–Crippen LogP) is 2.19. The van der Waals surface area contributed by atoms with E-state index in [1.165, 1.54) is 0 Å². The Morgan fingerprint density at radius 3 is 2.44 bits per heavy atom. The van der Waals surface area contributed by atoms with Gasteiger partial charge in [0, 0.05) is 19.8 Å². The molecule has 0 aromatic carbocycles. The molecule has 0 aliphatic heterocycles. The number of methoxy groups -OCH3 is 1. The lowest BCUT2D eigenvalue weighted by Gasteiger charge is -2.22. The van der Waals surface area contributed by atoms with Crippen LogP contribution in [0.5, 0.6) is 0 Å². The van der Waals surface area contributed by atoms with E-state index in [4.69, 9.17) is 4.74 Å². The van der Waals surface area contributed by atoms with Gasteiger partial charge in [-0.15, -0.1) is 0 Å². The van der Waals surface area contributed by atoms with Crippen molar-refractivity contribution in [1.29, 1.82) is 0 Å². The van der Waals surface area contributed by atoms with Gasteiger partial charge in [-0.3, -0.25) is 0 Å². The van der Waals surface area contributed by atoms with Crippen molar-refractivity contribution in [1.82, 2.24) is 5.32 Å². The fourth-order valence-corrected chi connectivity index (χ4v) is 1.75. The van der Waals surface area contributed by atoms with Gasteiger partial charge in [-0.2, -0.15) is 0 Å². The summed E-state index contributed by atoms with van der Waals surface area (Å²) in [5.41, 5.74) is 0. The van der Waals surface area contributed by atoms with Crippen LogP contribution in [-0.2, 0) is 4.74 Å². The average molecular weight is 231 g/mol. The highest BCUT2D eigenvalue weighted by Gasteiger charge is 2.11. The van der Waals surface area contributed by atoms with Gasteiger partial charge in [0.05, 0.1) is 6.10 Å². The van der Waals surface area contributed by atoms with E-state index in [0.717, 1.165) is 38.8 Å². The van der Waals surface area contributed by atoms with Gasteiger partial charge in [0.2, 0.25) is 0 Å². The predicted molar refractivity (Wildman–Crippen MR) is 68.7 cm³/mol. The van der Waals surface area contributed by atoms with Crippen LogP contribution < -0.4 is 5.32 Å². The summed E-state index contributed by atoms with van der Waals surface area (Å²) in [6.45, 7) is 8.28. The number of hydrogen-bond acceptors (Lipinski definition) is 3. The molecule has 2 atom stereocenters. The van der Waals surface area contributed by atoms with Crippen molar-refractivity contribution in [3.63, 3.8) is 0 Å². The maximum absolute atomic E-state index is 9.43. The summed E-state index contributed by atoms with van der Waals surface area (Å²) in [6, 6.07) is 0.527. The molecule has 0 saturated heterocycles. The third-order valence-corrected chi connectivity index (χ3v) is 3.03. The van der Waals surface area contributed by atoms with Gasteiger partial charge in [0.15, 0.2) is 0 Å². The van der Waals surface area contributed by atoms with E-state index in [-0.39, 0.29) is 6.10 Å². The monoisotopic (exact) mass is 231 g/mol. The Morgan fingerprint density at radius 1 is 1.25 bits per heavy atom. The van der Waals surface area contributed by atoms with Crippen molar-refractivity contribution < 1.29 is 9.84 Å². The molecule has 0 aliphatic rings. The number of hydrogen-bond donors (Lipinski definition) is 2. The molecule has 0 heterocycles. The van der Waals surface area contributed by atoms with Crippen LogP contribution in [0.15, 0.2) is 0 Å². The van der Waals surface area contributed by atoms with E-state index in [1.807, 2.05) is 6.92 Å². The Kier molecular flexibility index (Phi) is 9.99. The van der Waals surface area contributed by atoms with Crippen LogP contribution in [-0.4, -0.2) is 37.5 Å². The van der Waals surface area contributed by atoms with Crippen molar-refractivity contribution in [3.05, 3.63) is 0 Å². The summed E-state index contributed by atoms with van der Waals surface area (Å²) in [6.07, 6.45) is 3.74. The average Bonchev–Trinajstić information content (AvgIpc) is 2.27. The molecule has 98 valence electrons. The van der Waals surface area contributed by atoms with E-state index in [1.54, 1.807) is 7.11 Å². The normalized spacial score (nSPS) is 15.4. The first-order valence-electron chi connectivity index (χ1n) is 6.52. The molecule has 0 spiro atoms. The zero-order chi connectivity index (χ0) is 12.4. The minimum atomic E-state index is -0.127. The Morgan fingerprint density at radius 2 is 1.94 bits per heavy atom. The molecule has 3 heteroatoms. The second-order valence-corrected chi connectivity index (χ2v) is 4.79. The van der Waals surface area contributed by atoms with Gasteiger partial charge in [0.25, 0.3) is 0 Å². The highest BCUT2D eigenvalue weighted by Crippen LogP contribution is 2.07. The zero-order valence-electron chi connectivity index (χ0n) is 11.3. The lowest BCUT2D eigenvalue weighted by molar-refractivity contribution is 0.154. The zero-order valence-corrected chi connectivity index (χ0v) is 11.3. The molecule has 0 aromatic rings. The van der Waals surface area contributed by atoms with Crippen molar-refractivity contribution >= 4 is 0 Å². The maximum atomic E-state index is 9.43. The molecular weight excluding hydrogens is 202 g/mol. The molecule has 0 aliphatic carbocycles. The van der Waals surface area contributed by atoms with Gasteiger partial charge in [0.1, 0.15) is 0 Å². The SMILES string of the molecule is CCC(O)CCCNC(CCOC)C(C)C. The number of aliphatic hydroxyl groups is 1. The molecular formula is C13H29NO2. The van der Waals surface area contributed by atoms with Crippen molar-refractivity contribution in [2.75, 3.05) is 20.3 Å². The molecule has 0 amide bonds. The molecule has 0 radical (unpaired) electrons. The van der Waals surface area contributed by atoms with Crippen molar-refractivity contribution in [2.24, 2.45) is 5.92 Å². The largest absolute Gasteiger partial charge is 0.393 e. The fourth-order valence-electron chi connectivity index (χ4n) is 1.75. The van der Waals surface area contributed by atoms with Gasteiger partial charge < -0.3 is 15.2 Å². The van der Waals surface area contributed by atoms with Gasteiger partial charge >= 0.3 is 0 Å².